The fourth-order valence-corrected chi connectivity index (χ4v) is 3.04. The van der Waals surface area contributed by atoms with E-state index in [0.717, 1.165) is 17.2 Å². The molecule has 0 fully saturated rings. The minimum absolute atomic E-state index is 0.186. The Kier molecular flexibility index (Phi) is 4.54. The van der Waals surface area contributed by atoms with Crippen LogP contribution in [0.4, 0.5) is 0 Å². The molecule has 0 atom stereocenters. The number of carbonyl (C=O) groups is 2. The number of hydrogen-bond acceptors (Lipinski definition) is 3. The van der Waals surface area contributed by atoms with Crippen LogP contribution in [0.5, 0.6) is 5.75 Å². The second-order valence-corrected chi connectivity index (χ2v) is 6.19. The number of aromatic nitrogens is 1. The summed E-state index contributed by atoms with van der Waals surface area (Å²) in [7, 11) is 0. The third-order valence-electron chi connectivity index (χ3n) is 4.44. The van der Waals surface area contributed by atoms with Crippen molar-refractivity contribution in [3.8, 4) is 5.75 Å². The molecule has 0 bridgehead atoms. The maximum Gasteiger partial charge on any atom is 0.262 e. The number of para-hydroxylation sites is 1. The van der Waals surface area contributed by atoms with Crippen molar-refractivity contribution in [3.63, 3.8) is 0 Å². The molecule has 1 heterocycles. The van der Waals surface area contributed by atoms with Crippen LogP contribution in [0.15, 0.2) is 85.1 Å². The SMILES string of the molecule is O=Cc1cn(C(=O)c2ccc(OCc3ccccc3)cc2)c2ccccc12. The Balaban J connectivity index is 1.55. The quantitative estimate of drug-likeness (QED) is 0.487. The van der Waals surface area contributed by atoms with Gasteiger partial charge in [-0.05, 0) is 35.9 Å². The van der Waals surface area contributed by atoms with E-state index < -0.39 is 0 Å². The minimum Gasteiger partial charge on any atom is -0.489 e. The summed E-state index contributed by atoms with van der Waals surface area (Å²) in [5, 5.41) is 0.767. The van der Waals surface area contributed by atoms with Gasteiger partial charge in [-0.1, -0.05) is 48.5 Å². The molecule has 0 aliphatic heterocycles. The highest BCUT2D eigenvalue weighted by Crippen LogP contribution is 2.22. The van der Waals surface area contributed by atoms with Crippen molar-refractivity contribution in [3.05, 3.63) is 102 Å². The molecule has 27 heavy (non-hydrogen) atoms. The molecule has 1 aromatic heterocycles. The molecule has 0 aliphatic rings. The van der Waals surface area contributed by atoms with Crippen molar-refractivity contribution in [1.29, 1.82) is 0 Å². The molecular formula is C23H17NO3. The molecule has 0 unspecified atom stereocenters. The van der Waals surface area contributed by atoms with Crippen LogP contribution < -0.4 is 4.74 Å². The highest BCUT2D eigenvalue weighted by atomic mass is 16.5. The van der Waals surface area contributed by atoms with Crippen LogP contribution in [0.2, 0.25) is 0 Å². The van der Waals surface area contributed by atoms with Crippen molar-refractivity contribution in [2.45, 2.75) is 6.61 Å². The molecule has 132 valence electrons. The number of aldehydes is 1. The molecule has 0 spiro atoms. The average molecular weight is 355 g/mol. The molecule has 0 amide bonds. The van der Waals surface area contributed by atoms with Gasteiger partial charge < -0.3 is 4.74 Å². The first-order valence-electron chi connectivity index (χ1n) is 8.63. The van der Waals surface area contributed by atoms with Gasteiger partial charge >= 0.3 is 0 Å². The van der Waals surface area contributed by atoms with E-state index in [-0.39, 0.29) is 5.91 Å². The van der Waals surface area contributed by atoms with Gasteiger partial charge in [-0.2, -0.15) is 0 Å². The molecule has 4 rings (SSSR count). The van der Waals surface area contributed by atoms with Crippen LogP contribution in [0, 0.1) is 0 Å². The Labute approximate surface area is 156 Å². The Morgan fingerprint density at radius 1 is 0.889 bits per heavy atom. The van der Waals surface area contributed by atoms with E-state index in [4.69, 9.17) is 4.74 Å². The van der Waals surface area contributed by atoms with Gasteiger partial charge in [0.15, 0.2) is 6.29 Å². The monoisotopic (exact) mass is 355 g/mol. The first kappa shape index (κ1) is 16.8. The zero-order valence-electron chi connectivity index (χ0n) is 14.5. The van der Waals surface area contributed by atoms with Gasteiger partial charge in [-0.3, -0.25) is 14.2 Å². The van der Waals surface area contributed by atoms with Crippen LogP contribution in [-0.2, 0) is 6.61 Å². The highest BCUT2D eigenvalue weighted by molar-refractivity contribution is 6.06. The van der Waals surface area contributed by atoms with Crippen LogP contribution >= 0.6 is 0 Å². The van der Waals surface area contributed by atoms with Gasteiger partial charge in [0.25, 0.3) is 5.91 Å². The van der Waals surface area contributed by atoms with Gasteiger partial charge in [0.05, 0.1) is 5.52 Å². The van der Waals surface area contributed by atoms with E-state index in [1.165, 1.54) is 4.57 Å². The number of carbonyl (C=O) groups excluding carboxylic acids is 2. The fraction of sp³-hybridized carbons (Fsp3) is 0.0435. The number of benzene rings is 3. The van der Waals surface area contributed by atoms with E-state index in [0.29, 0.717) is 29.0 Å². The van der Waals surface area contributed by atoms with Crippen molar-refractivity contribution in [1.82, 2.24) is 4.57 Å². The Morgan fingerprint density at radius 3 is 2.33 bits per heavy atom. The van der Waals surface area contributed by atoms with Crippen molar-refractivity contribution in [2.24, 2.45) is 0 Å². The van der Waals surface area contributed by atoms with Crippen molar-refractivity contribution < 1.29 is 14.3 Å². The maximum absolute atomic E-state index is 12.9. The summed E-state index contributed by atoms with van der Waals surface area (Å²) in [6, 6.07) is 24.3. The summed E-state index contributed by atoms with van der Waals surface area (Å²) in [4.78, 5) is 24.2. The molecule has 0 saturated carbocycles. The van der Waals surface area contributed by atoms with E-state index in [1.807, 2.05) is 54.6 Å². The predicted molar refractivity (Wildman–Crippen MR) is 104 cm³/mol. The predicted octanol–water partition coefficient (Wildman–Crippen LogP) is 4.72. The van der Waals surface area contributed by atoms with E-state index in [2.05, 4.69) is 0 Å². The molecule has 0 N–H and O–H groups in total. The third-order valence-corrected chi connectivity index (χ3v) is 4.44. The van der Waals surface area contributed by atoms with Gasteiger partial charge in [0, 0.05) is 22.7 Å². The molecular weight excluding hydrogens is 338 g/mol. The molecule has 4 aromatic rings. The number of hydrogen-bond donors (Lipinski definition) is 0. The minimum atomic E-state index is -0.186. The standard InChI is InChI=1S/C23H17NO3/c25-15-19-14-24(22-9-5-4-8-21(19)22)23(26)18-10-12-20(13-11-18)27-16-17-6-2-1-3-7-17/h1-15H,16H2. The zero-order chi connectivity index (χ0) is 18.6. The summed E-state index contributed by atoms with van der Waals surface area (Å²) < 4.78 is 7.27. The van der Waals surface area contributed by atoms with E-state index >= 15 is 0 Å². The highest BCUT2D eigenvalue weighted by Gasteiger charge is 2.14. The first-order valence-corrected chi connectivity index (χ1v) is 8.63. The number of rotatable bonds is 5. The lowest BCUT2D eigenvalue weighted by molar-refractivity contribution is 0.0965. The lowest BCUT2D eigenvalue weighted by atomic mass is 10.2. The van der Waals surface area contributed by atoms with Gasteiger partial charge in [0.1, 0.15) is 12.4 Å². The number of ether oxygens (including phenoxy) is 1. The smallest absolute Gasteiger partial charge is 0.262 e. The van der Waals surface area contributed by atoms with Crippen molar-refractivity contribution in [2.75, 3.05) is 0 Å². The van der Waals surface area contributed by atoms with Crippen molar-refractivity contribution >= 4 is 23.1 Å². The van der Waals surface area contributed by atoms with Gasteiger partial charge in [-0.15, -0.1) is 0 Å². The topological polar surface area (TPSA) is 48.3 Å². The van der Waals surface area contributed by atoms with Crippen LogP contribution in [-0.4, -0.2) is 16.8 Å². The van der Waals surface area contributed by atoms with E-state index in [9.17, 15) is 9.59 Å². The summed E-state index contributed by atoms with van der Waals surface area (Å²) in [6.45, 7) is 0.471. The van der Waals surface area contributed by atoms with Crippen LogP contribution in [0.1, 0.15) is 26.3 Å². The maximum atomic E-state index is 12.9. The second-order valence-electron chi connectivity index (χ2n) is 6.19. The Hall–Kier alpha value is -3.66. The zero-order valence-corrected chi connectivity index (χ0v) is 14.5. The van der Waals surface area contributed by atoms with Gasteiger partial charge in [-0.25, -0.2) is 0 Å². The first-order chi connectivity index (χ1) is 13.3. The van der Waals surface area contributed by atoms with Gasteiger partial charge in [0.2, 0.25) is 0 Å². The lowest BCUT2D eigenvalue weighted by Gasteiger charge is -2.08. The molecule has 3 aromatic carbocycles. The second kappa shape index (κ2) is 7.30. The van der Waals surface area contributed by atoms with E-state index in [1.54, 1.807) is 30.5 Å². The summed E-state index contributed by atoms with van der Waals surface area (Å²) >= 11 is 0. The number of nitrogens with zero attached hydrogens (tertiary/aromatic N) is 1. The summed E-state index contributed by atoms with van der Waals surface area (Å²) in [6.07, 6.45) is 2.35. The molecule has 4 nitrogen and oxygen atoms in total. The third kappa shape index (κ3) is 3.37. The fourth-order valence-electron chi connectivity index (χ4n) is 3.04. The number of fused-ring (bicyclic) bond motifs is 1. The Bertz CT molecular complexity index is 1100. The largest absolute Gasteiger partial charge is 0.489 e. The average Bonchev–Trinajstić information content (AvgIpc) is 3.12. The summed E-state index contributed by atoms with van der Waals surface area (Å²) in [5.74, 6) is 0.509. The normalized spacial score (nSPS) is 10.7. The van der Waals surface area contributed by atoms with Crippen LogP contribution in [0.3, 0.4) is 0 Å². The molecule has 0 saturated heterocycles. The molecule has 0 aliphatic carbocycles. The summed E-state index contributed by atoms with van der Waals surface area (Å²) in [5.41, 5.74) is 2.83. The van der Waals surface area contributed by atoms with Crippen LogP contribution in [0.25, 0.3) is 10.9 Å². The Morgan fingerprint density at radius 2 is 1.59 bits per heavy atom. The molecule has 0 radical (unpaired) electrons. The molecule has 4 heteroatoms. The lowest BCUT2D eigenvalue weighted by Crippen LogP contribution is -2.10.